The van der Waals surface area contributed by atoms with Gasteiger partial charge in [0.25, 0.3) is 0 Å². The van der Waals surface area contributed by atoms with E-state index in [-0.39, 0.29) is 6.61 Å². The molecule has 0 bridgehead atoms. The Morgan fingerprint density at radius 2 is 1.87 bits per heavy atom. The lowest BCUT2D eigenvalue weighted by molar-refractivity contribution is -0.144. The van der Waals surface area contributed by atoms with Crippen LogP contribution in [0.4, 0.5) is 13.2 Å². The van der Waals surface area contributed by atoms with Crippen molar-refractivity contribution < 1.29 is 22.7 Å². The molecule has 7 heteroatoms. The summed E-state index contributed by atoms with van der Waals surface area (Å²) < 4.78 is 42.5. The van der Waals surface area contributed by atoms with Crippen LogP contribution < -0.4 is 5.73 Å². The van der Waals surface area contributed by atoms with Gasteiger partial charge in [-0.2, -0.15) is 13.2 Å². The fourth-order valence-corrected chi connectivity index (χ4v) is 3.09. The highest BCUT2D eigenvalue weighted by Crippen LogP contribution is 2.33. The van der Waals surface area contributed by atoms with Gasteiger partial charge in [-0.05, 0) is 36.8 Å². The Morgan fingerprint density at radius 3 is 2.43 bits per heavy atom. The number of hydrogen-bond donors (Lipinski definition) is 1. The number of nitrogens with two attached hydrogens (primary N) is 1. The zero-order valence-corrected chi connectivity index (χ0v) is 13.2. The predicted molar refractivity (Wildman–Crippen MR) is 83.1 cm³/mol. The van der Waals surface area contributed by atoms with Gasteiger partial charge in [0.05, 0.1) is 12.2 Å². The number of ether oxygens (including phenoxy) is 1. The first-order valence-corrected chi connectivity index (χ1v) is 7.81. The quantitative estimate of drug-likeness (QED) is 0.839. The summed E-state index contributed by atoms with van der Waals surface area (Å²) in [7, 11) is 0. The molecule has 0 saturated heterocycles. The fourth-order valence-electron chi connectivity index (χ4n) is 2.02. The maximum atomic E-state index is 12.6. The minimum Gasteiger partial charge on any atom is -0.465 e. The largest absolute Gasteiger partial charge is 0.465 e. The Labute approximate surface area is 135 Å². The molecule has 3 nitrogen and oxygen atoms in total. The summed E-state index contributed by atoms with van der Waals surface area (Å²) in [6, 6.07) is 7.86. The molecular formula is C16H16F3NO2S. The van der Waals surface area contributed by atoms with Crippen LogP contribution in [0.15, 0.2) is 36.4 Å². The Kier molecular flexibility index (Phi) is 5.43. The molecule has 2 N–H and O–H groups in total. The molecular weight excluding hydrogens is 327 g/mol. The van der Waals surface area contributed by atoms with E-state index in [1.165, 1.54) is 23.5 Å². The fraction of sp³-hybridized carbons (Fsp3) is 0.312. The van der Waals surface area contributed by atoms with Crippen LogP contribution in [0.2, 0.25) is 0 Å². The second kappa shape index (κ2) is 7.14. The van der Waals surface area contributed by atoms with Crippen molar-refractivity contribution in [3.63, 3.8) is 0 Å². The minimum atomic E-state index is -4.34. The summed E-state index contributed by atoms with van der Waals surface area (Å²) in [5.74, 6) is -0.461. The number of carbonyl (C=O) groups is 1. The zero-order valence-electron chi connectivity index (χ0n) is 12.4. The van der Waals surface area contributed by atoms with Crippen LogP contribution in [-0.2, 0) is 22.1 Å². The number of hydrogen-bond acceptors (Lipinski definition) is 4. The van der Waals surface area contributed by atoms with E-state index in [1.54, 1.807) is 13.0 Å². The van der Waals surface area contributed by atoms with Crippen LogP contribution >= 0.6 is 11.3 Å². The van der Waals surface area contributed by atoms with Gasteiger partial charge in [-0.25, -0.2) is 0 Å². The zero-order chi connectivity index (χ0) is 17.0. The highest BCUT2D eigenvalue weighted by atomic mass is 32.1. The van der Waals surface area contributed by atoms with Gasteiger partial charge in [-0.1, -0.05) is 12.1 Å². The van der Waals surface area contributed by atoms with E-state index in [4.69, 9.17) is 10.5 Å². The molecule has 2 aromatic rings. The molecule has 1 heterocycles. The van der Waals surface area contributed by atoms with Crippen molar-refractivity contribution >= 4 is 17.3 Å². The summed E-state index contributed by atoms with van der Waals surface area (Å²) >= 11 is 1.39. The Bertz CT molecular complexity index is 665. The smallest absolute Gasteiger partial charge is 0.416 e. The summed E-state index contributed by atoms with van der Waals surface area (Å²) in [5.41, 5.74) is 5.77. The molecule has 1 atom stereocenters. The first kappa shape index (κ1) is 17.5. The number of rotatable bonds is 5. The van der Waals surface area contributed by atoms with Crippen molar-refractivity contribution in [2.45, 2.75) is 25.6 Å². The molecule has 1 unspecified atom stereocenters. The van der Waals surface area contributed by atoms with Crippen molar-refractivity contribution in [3.05, 3.63) is 46.8 Å². The van der Waals surface area contributed by atoms with Crippen LogP contribution in [0.1, 0.15) is 17.4 Å². The third kappa shape index (κ3) is 4.56. The monoisotopic (exact) mass is 343 g/mol. The van der Waals surface area contributed by atoms with Crippen LogP contribution in [0.25, 0.3) is 10.4 Å². The van der Waals surface area contributed by atoms with Gasteiger partial charge in [-0.15, -0.1) is 11.3 Å². The van der Waals surface area contributed by atoms with Crippen LogP contribution in [0, 0.1) is 0 Å². The molecule has 0 aliphatic carbocycles. The highest BCUT2D eigenvalue weighted by Gasteiger charge is 2.30. The molecule has 0 spiro atoms. The van der Waals surface area contributed by atoms with Crippen LogP contribution in [0.5, 0.6) is 0 Å². The van der Waals surface area contributed by atoms with Gasteiger partial charge >= 0.3 is 12.1 Å². The molecule has 0 aliphatic rings. The van der Waals surface area contributed by atoms with Crippen molar-refractivity contribution in [1.82, 2.24) is 0 Å². The number of halogens is 3. The average molecular weight is 343 g/mol. The van der Waals surface area contributed by atoms with E-state index in [2.05, 4.69) is 0 Å². The van der Waals surface area contributed by atoms with Gasteiger partial charge in [0.1, 0.15) is 6.04 Å². The summed E-state index contributed by atoms with van der Waals surface area (Å²) in [4.78, 5) is 13.2. The van der Waals surface area contributed by atoms with Crippen molar-refractivity contribution in [2.75, 3.05) is 6.61 Å². The number of carbonyl (C=O) groups excluding carboxylic acids is 1. The molecule has 0 fully saturated rings. The lowest BCUT2D eigenvalue weighted by Gasteiger charge is -2.08. The number of esters is 1. The van der Waals surface area contributed by atoms with Gasteiger partial charge < -0.3 is 10.5 Å². The van der Waals surface area contributed by atoms with E-state index < -0.39 is 23.8 Å². The first-order chi connectivity index (χ1) is 10.8. The molecule has 2 rings (SSSR count). The van der Waals surface area contributed by atoms with Crippen molar-refractivity contribution in [2.24, 2.45) is 5.73 Å². The summed E-state index contributed by atoms with van der Waals surface area (Å²) in [5, 5.41) is 0. The standard InChI is InChI=1S/C16H16F3NO2S/c1-2-22-15(21)13(20)9-12-7-8-14(23-12)10-3-5-11(6-4-10)16(17,18)19/h3-8,13H,2,9,20H2,1H3. The molecule has 124 valence electrons. The van der Waals surface area contributed by atoms with Gasteiger partial charge in [0.15, 0.2) is 0 Å². The van der Waals surface area contributed by atoms with E-state index in [9.17, 15) is 18.0 Å². The maximum Gasteiger partial charge on any atom is 0.416 e. The van der Waals surface area contributed by atoms with Gasteiger partial charge in [-0.3, -0.25) is 4.79 Å². The molecule has 0 radical (unpaired) electrons. The maximum absolute atomic E-state index is 12.6. The van der Waals surface area contributed by atoms with E-state index in [0.29, 0.717) is 12.0 Å². The third-order valence-electron chi connectivity index (χ3n) is 3.17. The highest BCUT2D eigenvalue weighted by molar-refractivity contribution is 7.15. The minimum absolute atomic E-state index is 0.272. The van der Waals surface area contributed by atoms with Crippen LogP contribution in [-0.4, -0.2) is 18.6 Å². The lowest BCUT2D eigenvalue weighted by atomic mass is 10.1. The van der Waals surface area contributed by atoms with Crippen molar-refractivity contribution in [3.8, 4) is 10.4 Å². The Balaban J connectivity index is 2.08. The normalized spacial score (nSPS) is 12.9. The van der Waals surface area contributed by atoms with Gasteiger partial charge in [0.2, 0.25) is 0 Å². The SMILES string of the molecule is CCOC(=O)C(N)Cc1ccc(-c2ccc(C(F)(F)F)cc2)s1. The predicted octanol–water partition coefficient (Wildman–Crippen LogP) is 3.87. The molecule has 23 heavy (non-hydrogen) atoms. The number of alkyl halides is 3. The molecule has 1 aromatic heterocycles. The van der Waals surface area contributed by atoms with Crippen LogP contribution in [0.3, 0.4) is 0 Å². The molecule has 1 aromatic carbocycles. The van der Waals surface area contributed by atoms with E-state index in [1.807, 2.05) is 6.07 Å². The van der Waals surface area contributed by atoms with Crippen molar-refractivity contribution in [1.29, 1.82) is 0 Å². The summed E-state index contributed by atoms with van der Waals surface area (Å²) in [6.07, 6.45) is -4.00. The second-order valence-corrected chi connectivity index (χ2v) is 6.07. The first-order valence-electron chi connectivity index (χ1n) is 7.00. The molecule has 0 amide bonds. The van der Waals surface area contributed by atoms with E-state index >= 15 is 0 Å². The second-order valence-electron chi connectivity index (χ2n) is 4.90. The van der Waals surface area contributed by atoms with E-state index in [0.717, 1.165) is 21.9 Å². The third-order valence-corrected chi connectivity index (χ3v) is 4.33. The number of thiophene rings is 1. The average Bonchev–Trinajstić information content (AvgIpc) is 2.95. The van der Waals surface area contributed by atoms with Gasteiger partial charge in [0, 0.05) is 16.2 Å². The summed E-state index contributed by atoms with van der Waals surface area (Å²) in [6.45, 7) is 1.98. The lowest BCUT2D eigenvalue weighted by Crippen LogP contribution is -2.34. The Morgan fingerprint density at radius 1 is 1.22 bits per heavy atom. The topological polar surface area (TPSA) is 52.3 Å². The molecule has 0 saturated carbocycles. The molecule has 0 aliphatic heterocycles. The number of benzene rings is 1. The Hall–Kier alpha value is -1.86.